The summed E-state index contributed by atoms with van der Waals surface area (Å²) < 4.78 is 39.3. The Morgan fingerprint density at radius 2 is 1.79 bits per heavy atom. The molecule has 0 spiro atoms. The van der Waals surface area contributed by atoms with E-state index in [1.165, 1.54) is 12.1 Å². The van der Waals surface area contributed by atoms with Crippen LogP contribution >= 0.6 is 0 Å². The maximum atomic E-state index is 13.1. The van der Waals surface area contributed by atoms with Gasteiger partial charge in [-0.3, -0.25) is 4.90 Å². The average molecular weight is 330 g/mol. The summed E-state index contributed by atoms with van der Waals surface area (Å²) in [5, 5.41) is 9.55. The maximum absolute atomic E-state index is 13.1. The van der Waals surface area contributed by atoms with Crippen molar-refractivity contribution >= 4 is 0 Å². The van der Waals surface area contributed by atoms with Crippen molar-refractivity contribution in [3.05, 3.63) is 70.3 Å². The van der Waals surface area contributed by atoms with Gasteiger partial charge in [0.1, 0.15) is 6.04 Å². The van der Waals surface area contributed by atoms with Crippen LogP contribution in [0.2, 0.25) is 0 Å². The lowest BCUT2D eigenvalue weighted by Crippen LogP contribution is -2.26. The van der Waals surface area contributed by atoms with E-state index in [1.807, 2.05) is 36.2 Å². The monoisotopic (exact) mass is 330 g/mol. The minimum absolute atomic E-state index is 0.404. The highest BCUT2D eigenvalue weighted by molar-refractivity contribution is 5.43. The van der Waals surface area contributed by atoms with E-state index in [0.29, 0.717) is 24.1 Å². The second kappa shape index (κ2) is 6.29. The van der Waals surface area contributed by atoms with Gasteiger partial charge in [0.15, 0.2) is 0 Å². The van der Waals surface area contributed by atoms with Gasteiger partial charge in [-0.25, -0.2) is 0 Å². The molecular weight excluding hydrogens is 313 g/mol. The van der Waals surface area contributed by atoms with Gasteiger partial charge in [0, 0.05) is 6.54 Å². The highest BCUT2D eigenvalue weighted by Crippen LogP contribution is 2.34. The number of nitrogens with zero attached hydrogens (tertiary/aromatic N) is 2. The third-order valence-corrected chi connectivity index (χ3v) is 4.56. The zero-order valence-corrected chi connectivity index (χ0v) is 13.3. The third-order valence-electron chi connectivity index (χ3n) is 4.56. The lowest BCUT2D eigenvalue weighted by molar-refractivity contribution is -0.137. The normalized spacial score (nSPS) is 18.5. The first kappa shape index (κ1) is 16.5. The van der Waals surface area contributed by atoms with Gasteiger partial charge in [-0.1, -0.05) is 30.3 Å². The molecule has 0 saturated carbocycles. The van der Waals surface area contributed by atoms with Crippen molar-refractivity contribution in [2.24, 2.45) is 0 Å². The summed E-state index contributed by atoms with van der Waals surface area (Å²) in [6.45, 7) is 0.676. The number of rotatable bonds is 0. The summed E-state index contributed by atoms with van der Waals surface area (Å²) in [6.07, 6.45) is -3.21. The zero-order chi connectivity index (χ0) is 17.3. The molecule has 5 heteroatoms. The molecule has 1 aliphatic heterocycles. The number of hydrogen-bond donors (Lipinski definition) is 0. The fourth-order valence-corrected chi connectivity index (χ4v) is 3.21. The maximum Gasteiger partial charge on any atom is 0.416 e. The highest BCUT2D eigenvalue weighted by Gasteiger charge is 2.32. The molecule has 2 aromatic rings. The molecular formula is C19H17F3N2. The predicted molar refractivity (Wildman–Crippen MR) is 85.4 cm³/mol. The van der Waals surface area contributed by atoms with Crippen LogP contribution in [0.25, 0.3) is 0 Å². The summed E-state index contributed by atoms with van der Waals surface area (Å²) in [5.74, 6) is 0. The quantitative estimate of drug-likeness (QED) is 0.718. The van der Waals surface area contributed by atoms with Gasteiger partial charge in [-0.15, -0.1) is 0 Å². The molecule has 24 heavy (non-hydrogen) atoms. The van der Waals surface area contributed by atoms with Crippen molar-refractivity contribution < 1.29 is 13.2 Å². The Morgan fingerprint density at radius 1 is 1.08 bits per heavy atom. The molecule has 0 aromatic heterocycles. The topological polar surface area (TPSA) is 27.0 Å². The summed E-state index contributed by atoms with van der Waals surface area (Å²) in [7, 11) is 1.84. The van der Waals surface area contributed by atoms with E-state index >= 15 is 0 Å². The van der Waals surface area contributed by atoms with Gasteiger partial charge in [0.25, 0.3) is 0 Å². The van der Waals surface area contributed by atoms with E-state index < -0.39 is 17.8 Å². The first-order chi connectivity index (χ1) is 11.4. The van der Waals surface area contributed by atoms with Crippen molar-refractivity contribution in [3.63, 3.8) is 0 Å². The molecule has 124 valence electrons. The molecule has 0 bridgehead atoms. The van der Waals surface area contributed by atoms with Crippen LogP contribution < -0.4 is 0 Å². The molecule has 0 fully saturated rings. The van der Waals surface area contributed by atoms with Gasteiger partial charge in [-0.2, -0.15) is 18.4 Å². The Labute approximate surface area is 139 Å². The van der Waals surface area contributed by atoms with Crippen LogP contribution in [0, 0.1) is 11.3 Å². The molecule has 2 aromatic carbocycles. The van der Waals surface area contributed by atoms with Crippen molar-refractivity contribution in [3.8, 4) is 6.07 Å². The smallest absolute Gasteiger partial charge is 0.287 e. The van der Waals surface area contributed by atoms with Crippen LogP contribution in [0.15, 0.2) is 42.5 Å². The van der Waals surface area contributed by atoms with Crippen molar-refractivity contribution in [1.29, 1.82) is 5.26 Å². The van der Waals surface area contributed by atoms with E-state index in [4.69, 9.17) is 0 Å². The molecule has 0 aliphatic carbocycles. The Bertz CT molecular complexity index is 790. The molecule has 3 rings (SSSR count). The minimum Gasteiger partial charge on any atom is -0.287 e. The molecule has 0 saturated heterocycles. The van der Waals surface area contributed by atoms with Gasteiger partial charge in [0.2, 0.25) is 0 Å². The zero-order valence-electron chi connectivity index (χ0n) is 13.3. The summed E-state index contributed by atoms with van der Waals surface area (Å²) in [5.41, 5.74) is 2.69. The van der Waals surface area contributed by atoms with Gasteiger partial charge in [0.05, 0.1) is 11.6 Å². The van der Waals surface area contributed by atoms with Crippen LogP contribution in [0.3, 0.4) is 0 Å². The van der Waals surface area contributed by atoms with Crippen molar-refractivity contribution in [1.82, 2.24) is 4.90 Å². The summed E-state index contributed by atoms with van der Waals surface area (Å²) in [4.78, 5) is 1.90. The molecule has 0 N–H and O–H groups in total. The molecule has 1 atom stereocenters. The second-order valence-electron chi connectivity index (χ2n) is 6.12. The van der Waals surface area contributed by atoms with Gasteiger partial charge >= 0.3 is 6.18 Å². The van der Waals surface area contributed by atoms with Crippen LogP contribution in [-0.2, 0) is 19.0 Å². The van der Waals surface area contributed by atoms with E-state index in [1.54, 1.807) is 0 Å². The number of hydrogen-bond acceptors (Lipinski definition) is 2. The largest absolute Gasteiger partial charge is 0.416 e. The molecule has 1 heterocycles. The minimum atomic E-state index is -4.39. The van der Waals surface area contributed by atoms with E-state index in [9.17, 15) is 18.4 Å². The van der Waals surface area contributed by atoms with Crippen LogP contribution in [-0.4, -0.2) is 18.5 Å². The SMILES string of the molecule is CN1CCc2ccccc2Cc2cc(C(F)(F)F)ccc2C1C#N. The van der Waals surface area contributed by atoms with Crippen molar-refractivity contribution in [2.45, 2.75) is 25.1 Å². The molecule has 2 nitrogen and oxygen atoms in total. The van der Waals surface area contributed by atoms with Gasteiger partial charge < -0.3 is 0 Å². The van der Waals surface area contributed by atoms with Crippen LogP contribution in [0.1, 0.15) is 33.9 Å². The highest BCUT2D eigenvalue weighted by atomic mass is 19.4. The van der Waals surface area contributed by atoms with Gasteiger partial charge in [-0.05, 0) is 54.3 Å². The molecule has 0 radical (unpaired) electrons. The van der Waals surface area contributed by atoms with Crippen molar-refractivity contribution in [2.75, 3.05) is 13.6 Å². The van der Waals surface area contributed by atoms with E-state index in [2.05, 4.69) is 6.07 Å². The lowest BCUT2D eigenvalue weighted by Gasteiger charge is -2.24. The second-order valence-corrected chi connectivity index (χ2v) is 6.12. The lowest BCUT2D eigenvalue weighted by atomic mass is 9.92. The molecule has 0 amide bonds. The predicted octanol–water partition coefficient (Wildman–Crippen LogP) is 4.35. The molecule has 1 unspecified atom stereocenters. The number of alkyl halides is 3. The van der Waals surface area contributed by atoms with E-state index in [-0.39, 0.29) is 0 Å². The summed E-state index contributed by atoms with van der Waals surface area (Å²) >= 11 is 0. The standard InChI is InChI=1S/C19H17F3N2/c1-24-9-8-13-4-2-3-5-14(13)10-15-11-16(19(20,21)22)6-7-17(15)18(24)12-23/h2-7,11,18H,8-10H2,1H3. The number of halogens is 3. The number of likely N-dealkylation sites (N-methyl/N-ethyl adjacent to an activating group) is 1. The van der Waals surface area contributed by atoms with E-state index in [0.717, 1.165) is 23.6 Å². The van der Waals surface area contributed by atoms with Crippen LogP contribution in [0.5, 0.6) is 0 Å². The molecule has 1 aliphatic rings. The Hall–Kier alpha value is -2.32. The number of fused-ring (bicyclic) bond motifs is 2. The summed E-state index contributed by atoms with van der Waals surface area (Å²) in [6, 6.07) is 13.2. The Kier molecular flexibility index (Phi) is 4.33. The number of benzene rings is 2. The van der Waals surface area contributed by atoms with Crippen LogP contribution in [0.4, 0.5) is 13.2 Å². The average Bonchev–Trinajstić information content (AvgIpc) is 2.59. The first-order valence-electron chi connectivity index (χ1n) is 7.77. The Morgan fingerprint density at radius 3 is 2.46 bits per heavy atom. The third kappa shape index (κ3) is 3.15. The fraction of sp³-hybridized carbons (Fsp3) is 0.316. The fourth-order valence-electron chi connectivity index (χ4n) is 3.21. The number of nitriles is 1. The Balaban J connectivity index is 2.17. The first-order valence-corrected chi connectivity index (χ1v) is 7.77.